The number of aryl methyl sites for hydroxylation is 1. The molecule has 0 aliphatic heterocycles. The summed E-state index contributed by atoms with van der Waals surface area (Å²) in [5.74, 6) is -1.51. The molecule has 0 aliphatic carbocycles. The average molecular weight is 391 g/mol. The Hall–Kier alpha value is -3.87. The van der Waals surface area contributed by atoms with E-state index in [1.54, 1.807) is 43.5 Å². The van der Waals surface area contributed by atoms with Gasteiger partial charge in [0, 0.05) is 34.8 Å². The number of aromatic nitrogens is 2. The maximum atomic E-state index is 13.5. The highest BCUT2D eigenvalue weighted by atomic mass is 19.2. The highest BCUT2D eigenvalue weighted by molar-refractivity contribution is 5.94. The van der Waals surface area contributed by atoms with Gasteiger partial charge in [0.05, 0.1) is 17.4 Å². The molecule has 4 aromatic rings. The number of ether oxygens (including phenoxy) is 1. The Morgan fingerprint density at radius 1 is 0.966 bits per heavy atom. The predicted molar refractivity (Wildman–Crippen MR) is 105 cm³/mol. The number of hydrogen-bond donors (Lipinski definition) is 1. The van der Waals surface area contributed by atoms with Crippen LogP contribution in [0.3, 0.4) is 0 Å². The zero-order valence-electron chi connectivity index (χ0n) is 15.3. The van der Waals surface area contributed by atoms with E-state index in [0.29, 0.717) is 33.7 Å². The van der Waals surface area contributed by atoms with Gasteiger partial charge in [-0.15, -0.1) is 0 Å². The number of pyridine rings is 2. The first-order chi connectivity index (χ1) is 13.9. The second-order valence-corrected chi connectivity index (χ2v) is 6.50. The van der Waals surface area contributed by atoms with E-state index in [1.807, 2.05) is 6.07 Å². The predicted octanol–water partition coefficient (Wildman–Crippen LogP) is 4.77. The van der Waals surface area contributed by atoms with Crippen LogP contribution in [0.1, 0.15) is 15.9 Å². The molecule has 0 saturated carbocycles. The van der Waals surface area contributed by atoms with Gasteiger partial charge >= 0.3 is 0 Å². The molecule has 144 valence electrons. The van der Waals surface area contributed by atoms with Crippen LogP contribution in [0.15, 0.2) is 60.9 Å². The first-order valence-corrected chi connectivity index (χ1v) is 8.70. The fraction of sp³-hybridized carbons (Fsp3) is 0.0455. The molecule has 0 atom stereocenters. The van der Waals surface area contributed by atoms with Crippen LogP contribution in [0, 0.1) is 18.6 Å². The fourth-order valence-electron chi connectivity index (χ4n) is 3.03. The molecule has 2 aromatic heterocycles. The quantitative estimate of drug-likeness (QED) is 0.543. The molecular formula is C22H15F2N3O2. The second-order valence-electron chi connectivity index (χ2n) is 6.50. The fourth-order valence-corrected chi connectivity index (χ4v) is 3.03. The molecule has 7 heteroatoms. The van der Waals surface area contributed by atoms with Gasteiger partial charge in [-0.2, -0.15) is 0 Å². The molecule has 0 radical (unpaired) electrons. The van der Waals surface area contributed by atoms with Crippen LogP contribution in [-0.4, -0.2) is 15.9 Å². The first-order valence-electron chi connectivity index (χ1n) is 8.70. The minimum Gasteiger partial charge on any atom is -0.456 e. The monoisotopic (exact) mass is 391 g/mol. The van der Waals surface area contributed by atoms with Gasteiger partial charge in [0.2, 0.25) is 5.91 Å². The number of primary amides is 1. The van der Waals surface area contributed by atoms with Gasteiger partial charge < -0.3 is 10.5 Å². The molecule has 0 unspecified atom stereocenters. The molecule has 1 amide bonds. The van der Waals surface area contributed by atoms with Crippen LogP contribution >= 0.6 is 0 Å². The summed E-state index contributed by atoms with van der Waals surface area (Å²) in [4.78, 5) is 19.8. The van der Waals surface area contributed by atoms with Crippen molar-refractivity contribution in [2.24, 2.45) is 5.73 Å². The number of fused-ring (bicyclic) bond motifs is 1. The van der Waals surface area contributed by atoms with Gasteiger partial charge in [-0.3, -0.25) is 14.8 Å². The van der Waals surface area contributed by atoms with Crippen LogP contribution < -0.4 is 10.5 Å². The van der Waals surface area contributed by atoms with Gasteiger partial charge in [-0.1, -0.05) is 6.07 Å². The van der Waals surface area contributed by atoms with Crippen LogP contribution in [0.25, 0.3) is 22.2 Å². The van der Waals surface area contributed by atoms with Gasteiger partial charge in [-0.25, -0.2) is 8.78 Å². The third-order valence-electron chi connectivity index (χ3n) is 4.45. The molecule has 4 rings (SSSR count). The first kappa shape index (κ1) is 18.5. The summed E-state index contributed by atoms with van der Waals surface area (Å²) in [6.45, 7) is 1.80. The van der Waals surface area contributed by atoms with Crippen LogP contribution in [0.5, 0.6) is 11.5 Å². The van der Waals surface area contributed by atoms with Crippen molar-refractivity contribution in [3.8, 4) is 22.8 Å². The lowest BCUT2D eigenvalue weighted by atomic mass is 10.0. The lowest BCUT2D eigenvalue weighted by molar-refractivity contribution is 0.0999. The molecule has 0 bridgehead atoms. The van der Waals surface area contributed by atoms with Gasteiger partial charge in [0.25, 0.3) is 0 Å². The summed E-state index contributed by atoms with van der Waals surface area (Å²) in [6.07, 6.45) is 3.02. The van der Waals surface area contributed by atoms with Crippen molar-refractivity contribution in [3.63, 3.8) is 0 Å². The minimum atomic E-state index is -0.949. The number of benzene rings is 2. The molecule has 0 fully saturated rings. The second kappa shape index (κ2) is 7.27. The van der Waals surface area contributed by atoms with Gasteiger partial charge in [0.1, 0.15) is 11.5 Å². The smallest absolute Gasteiger partial charge is 0.248 e. The summed E-state index contributed by atoms with van der Waals surface area (Å²) < 4.78 is 32.6. The molecule has 29 heavy (non-hydrogen) atoms. The van der Waals surface area contributed by atoms with E-state index in [4.69, 9.17) is 10.5 Å². The van der Waals surface area contributed by atoms with Crippen molar-refractivity contribution >= 4 is 16.8 Å². The summed E-state index contributed by atoms with van der Waals surface area (Å²) >= 11 is 0. The Balaban J connectivity index is 1.64. The number of amides is 1. The highest BCUT2D eigenvalue weighted by Crippen LogP contribution is 2.28. The molecule has 5 nitrogen and oxygen atoms in total. The number of nitrogens with zero attached hydrogens (tertiary/aromatic N) is 2. The molecule has 0 saturated heterocycles. The number of carbonyl (C=O) groups excluding carboxylic acids is 1. The minimum absolute atomic E-state index is 0.330. The Morgan fingerprint density at radius 3 is 2.52 bits per heavy atom. The summed E-state index contributed by atoms with van der Waals surface area (Å²) in [7, 11) is 0. The SMILES string of the molecule is Cc1cc(-c2cc(Oc3cnc4cc(F)c(F)cc4c3)ccn2)ccc1C(N)=O. The van der Waals surface area contributed by atoms with Crippen molar-refractivity contribution in [1.82, 2.24) is 9.97 Å². The maximum Gasteiger partial charge on any atom is 0.248 e. The van der Waals surface area contributed by atoms with Crippen molar-refractivity contribution in [2.45, 2.75) is 6.92 Å². The van der Waals surface area contributed by atoms with Crippen molar-refractivity contribution in [1.29, 1.82) is 0 Å². The Bertz CT molecular complexity index is 1260. The number of hydrogen-bond acceptors (Lipinski definition) is 4. The van der Waals surface area contributed by atoms with Crippen molar-refractivity contribution in [3.05, 3.63) is 83.7 Å². The third kappa shape index (κ3) is 3.75. The Morgan fingerprint density at radius 2 is 1.76 bits per heavy atom. The van der Waals surface area contributed by atoms with Crippen LogP contribution in [0.2, 0.25) is 0 Å². The third-order valence-corrected chi connectivity index (χ3v) is 4.45. The van der Waals surface area contributed by atoms with Crippen LogP contribution in [-0.2, 0) is 0 Å². The maximum absolute atomic E-state index is 13.5. The number of rotatable bonds is 4. The largest absolute Gasteiger partial charge is 0.456 e. The van der Waals surface area contributed by atoms with E-state index in [-0.39, 0.29) is 0 Å². The molecular weight excluding hydrogens is 376 g/mol. The summed E-state index contributed by atoms with van der Waals surface area (Å²) in [6, 6.07) is 12.3. The average Bonchev–Trinajstić information content (AvgIpc) is 2.69. The standard InChI is InChI=1S/C22H15F2N3O2/c1-12-6-13(2-3-17(12)22(25)28)20-9-15(4-5-26-20)29-16-7-14-8-18(23)19(24)10-21(14)27-11-16/h2-11H,1H3,(H2,25,28). The lowest BCUT2D eigenvalue weighted by Crippen LogP contribution is -2.12. The summed E-state index contributed by atoms with van der Waals surface area (Å²) in [5.41, 5.74) is 8.31. The Kier molecular flexibility index (Phi) is 4.64. The summed E-state index contributed by atoms with van der Waals surface area (Å²) in [5, 5.41) is 0.424. The zero-order chi connectivity index (χ0) is 20.5. The van der Waals surface area contributed by atoms with E-state index in [1.165, 1.54) is 6.20 Å². The van der Waals surface area contributed by atoms with Gasteiger partial charge in [-0.05, 0) is 42.8 Å². The lowest BCUT2D eigenvalue weighted by Gasteiger charge is -2.09. The highest BCUT2D eigenvalue weighted by Gasteiger charge is 2.10. The van der Waals surface area contributed by atoms with E-state index in [2.05, 4.69) is 9.97 Å². The van der Waals surface area contributed by atoms with Crippen molar-refractivity contribution in [2.75, 3.05) is 0 Å². The number of nitrogens with two attached hydrogens (primary N) is 1. The van der Waals surface area contributed by atoms with E-state index in [9.17, 15) is 13.6 Å². The van der Waals surface area contributed by atoms with Crippen LogP contribution in [0.4, 0.5) is 8.78 Å². The number of halogens is 2. The molecule has 2 N–H and O–H groups in total. The molecule has 2 heterocycles. The van der Waals surface area contributed by atoms with E-state index < -0.39 is 17.5 Å². The van der Waals surface area contributed by atoms with Gasteiger partial charge in [0.15, 0.2) is 11.6 Å². The van der Waals surface area contributed by atoms with E-state index in [0.717, 1.165) is 23.3 Å². The topological polar surface area (TPSA) is 78.1 Å². The number of carbonyl (C=O) groups is 1. The Labute approximate surface area is 164 Å². The molecule has 0 spiro atoms. The van der Waals surface area contributed by atoms with Crippen molar-refractivity contribution < 1.29 is 18.3 Å². The normalized spacial score (nSPS) is 10.9. The zero-order valence-corrected chi connectivity index (χ0v) is 15.3. The molecule has 2 aromatic carbocycles. The van der Waals surface area contributed by atoms with E-state index >= 15 is 0 Å². The molecule has 0 aliphatic rings.